The van der Waals surface area contributed by atoms with Crippen LogP contribution in [0.2, 0.25) is 0 Å². The van der Waals surface area contributed by atoms with E-state index >= 15 is 0 Å². The number of anilines is 1. The summed E-state index contributed by atoms with van der Waals surface area (Å²) in [6.07, 6.45) is 1.73. The van der Waals surface area contributed by atoms with Crippen molar-refractivity contribution >= 4 is 11.8 Å². The first-order valence-corrected chi connectivity index (χ1v) is 7.14. The molecule has 1 fully saturated rings. The van der Waals surface area contributed by atoms with Gasteiger partial charge in [0.25, 0.3) is 0 Å². The van der Waals surface area contributed by atoms with Gasteiger partial charge in [0.1, 0.15) is 6.10 Å². The summed E-state index contributed by atoms with van der Waals surface area (Å²) in [4.78, 5) is 11.8. The predicted molar refractivity (Wildman–Crippen MR) is 80.6 cm³/mol. The van der Waals surface area contributed by atoms with Crippen LogP contribution >= 0.6 is 0 Å². The highest BCUT2D eigenvalue weighted by molar-refractivity contribution is 5.68. The van der Waals surface area contributed by atoms with E-state index in [2.05, 4.69) is 5.32 Å². The Labute approximate surface area is 120 Å². The molecule has 1 unspecified atom stereocenters. The average molecular weight is 276 g/mol. The van der Waals surface area contributed by atoms with Crippen molar-refractivity contribution in [3.05, 3.63) is 29.3 Å². The number of rotatable bonds is 3. The number of nitrogens with one attached hydrogen (secondary N) is 1. The molecule has 20 heavy (non-hydrogen) atoms. The quantitative estimate of drug-likeness (QED) is 0.827. The summed E-state index contributed by atoms with van der Waals surface area (Å²) in [5.74, 6) is 0.574. The number of nitrogens with two attached hydrogens (primary N) is 1. The summed E-state index contributed by atoms with van der Waals surface area (Å²) < 4.78 is 5.48. The number of carbonyl (C=O) groups excluding carboxylic acids is 1. The molecule has 1 aliphatic rings. The van der Waals surface area contributed by atoms with E-state index in [0.717, 1.165) is 11.3 Å². The van der Waals surface area contributed by atoms with Gasteiger partial charge in [0.15, 0.2) is 0 Å². The normalized spacial score (nSPS) is 16.6. The zero-order valence-corrected chi connectivity index (χ0v) is 12.7. The first kappa shape index (κ1) is 14.7. The number of nitrogen functional groups attached to an aromatic ring is 1. The zero-order chi connectivity index (χ0) is 14.9. The Hall–Kier alpha value is -1.71. The molecule has 110 valence electrons. The lowest BCUT2D eigenvalue weighted by molar-refractivity contribution is 0.0996. The highest BCUT2D eigenvalue weighted by atomic mass is 16.6. The van der Waals surface area contributed by atoms with Crippen molar-refractivity contribution in [2.75, 3.05) is 5.73 Å². The number of benzene rings is 1. The molecule has 1 atom stereocenters. The molecular formula is C16H24N2O2. The van der Waals surface area contributed by atoms with Gasteiger partial charge in [-0.2, -0.15) is 0 Å². The van der Waals surface area contributed by atoms with Crippen molar-refractivity contribution in [3.8, 4) is 0 Å². The van der Waals surface area contributed by atoms with E-state index in [1.54, 1.807) is 0 Å². The van der Waals surface area contributed by atoms with Gasteiger partial charge in [-0.1, -0.05) is 6.07 Å². The molecule has 2 rings (SSSR count). The third-order valence-corrected chi connectivity index (χ3v) is 3.33. The van der Waals surface area contributed by atoms with Gasteiger partial charge in [0.05, 0.1) is 0 Å². The Bertz CT molecular complexity index is 502. The molecule has 1 aromatic rings. The fourth-order valence-electron chi connectivity index (χ4n) is 2.27. The standard InChI is InChI=1S/C16H24N2O2/c1-10(20-15(19)18-16(2,3)4)13-8-7-12(17)9-14(13)11-5-6-11/h7-11H,5-6,17H2,1-4H3,(H,18,19). The van der Waals surface area contributed by atoms with Crippen molar-refractivity contribution in [1.29, 1.82) is 0 Å². The van der Waals surface area contributed by atoms with Gasteiger partial charge in [-0.25, -0.2) is 4.79 Å². The van der Waals surface area contributed by atoms with E-state index < -0.39 is 0 Å². The largest absolute Gasteiger partial charge is 0.442 e. The van der Waals surface area contributed by atoms with Crippen LogP contribution in [0.25, 0.3) is 0 Å². The fourth-order valence-corrected chi connectivity index (χ4v) is 2.27. The molecule has 4 heteroatoms. The van der Waals surface area contributed by atoms with Gasteiger partial charge in [-0.05, 0) is 69.7 Å². The lowest BCUT2D eigenvalue weighted by atomic mass is 9.99. The minimum absolute atomic E-state index is 0.270. The molecule has 1 amide bonds. The third kappa shape index (κ3) is 3.89. The minimum atomic E-state index is -0.386. The fraction of sp³-hybridized carbons (Fsp3) is 0.562. The van der Waals surface area contributed by atoms with E-state index in [0.29, 0.717) is 5.92 Å². The lowest BCUT2D eigenvalue weighted by Crippen LogP contribution is -2.41. The molecule has 1 aliphatic carbocycles. The van der Waals surface area contributed by atoms with Crippen molar-refractivity contribution < 1.29 is 9.53 Å². The van der Waals surface area contributed by atoms with Crippen LogP contribution in [0.3, 0.4) is 0 Å². The van der Waals surface area contributed by atoms with Gasteiger partial charge in [0, 0.05) is 11.2 Å². The molecule has 0 aliphatic heterocycles. The molecule has 4 nitrogen and oxygen atoms in total. The second-order valence-corrected chi connectivity index (χ2v) is 6.59. The van der Waals surface area contributed by atoms with Crippen molar-refractivity contribution in [2.45, 2.75) is 58.1 Å². The Morgan fingerprint density at radius 2 is 2.05 bits per heavy atom. The first-order valence-electron chi connectivity index (χ1n) is 7.14. The van der Waals surface area contributed by atoms with Crippen LogP contribution in [0.15, 0.2) is 18.2 Å². The second-order valence-electron chi connectivity index (χ2n) is 6.59. The topological polar surface area (TPSA) is 64.3 Å². The zero-order valence-electron chi connectivity index (χ0n) is 12.7. The molecule has 0 radical (unpaired) electrons. The number of amides is 1. The van der Waals surface area contributed by atoms with Crippen LogP contribution < -0.4 is 11.1 Å². The van der Waals surface area contributed by atoms with E-state index in [-0.39, 0.29) is 17.7 Å². The molecule has 0 saturated heterocycles. The summed E-state index contributed by atoms with van der Waals surface area (Å²) in [7, 11) is 0. The maximum absolute atomic E-state index is 11.8. The van der Waals surface area contributed by atoms with Crippen LogP contribution in [0, 0.1) is 0 Å². The molecule has 1 aromatic carbocycles. The van der Waals surface area contributed by atoms with Gasteiger partial charge in [0.2, 0.25) is 0 Å². The monoisotopic (exact) mass is 276 g/mol. The minimum Gasteiger partial charge on any atom is -0.442 e. The Balaban J connectivity index is 2.09. The number of hydrogen-bond acceptors (Lipinski definition) is 3. The smallest absolute Gasteiger partial charge is 0.408 e. The Morgan fingerprint density at radius 3 is 2.60 bits per heavy atom. The van der Waals surface area contributed by atoms with E-state index in [1.807, 2.05) is 45.9 Å². The lowest BCUT2D eigenvalue weighted by Gasteiger charge is -2.23. The van der Waals surface area contributed by atoms with E-state index in [4.69, 9.17) is 10.5 Å². The highest BCUT2D eigenvalue weighted by Crippen LogP contribution is 2.44. The van der Waals surface area contributed by atoms with Crippen LogP contribution in [-0.4, -0.2) is 11.6 Å². The summed E-state index contributed by atoms with van der Waals surface area (Å²) in [5.41, 5.74) is 8.61. The SMILES string of the molecule is CC(OC(=O)NC(C)(C)C)c1ccc(N)cc1C1CC1. The van der Waals surface area contributed by atoms with Crippen molar-refractivity contribution in [1.82, 2.24) is 5.32 Å². The summed E-state index contributed by atoms with van der Waals surface area (Å²) in [5, 5.41) is 2.81. The van der Waals surface area contributed by atoms with Gasteiger partial charge in [-0.3, -0.25) is 0 Å². The third-order valence-electron chi connectivity index (χ3n) is 3.33. The molecule has 0 aromatic heterocycles. The molecule has 0 bridgehead atoms. The van der Waals surface area contributed by atoms with Crippen LogP contribution in [0.1, 0.15) is 63.7 Å². The number of carbonyl (C=O) groups is 1. The van der Waals surface area contributed by atoms with Crippen LogP contribution in [-0.2, 0) is 4.74 Å². The van der Waals surface area contributed by atoms with Gasteiger partial charge >= 0.3 is 6.09 Å². The number of ether oxygens (including phenoxy) is 1. The van der Waals surface area contributed by atoms with E-state index in [1.165, 1.54) is 18.4 Å². The molecule has 0 spiro atoms. The van der Waals surface area contributed by atoms with Gasteiger partial charge in [-0.15, -0.1) is 0 Å². The Morgan fingerprint density at radius 1 is 1.40 bits per heavy atom. The number of alkyl carbamates (subject to hydrolysis) is 1. The second kappa shape index (κ2) is 5.35. The molecular weight excluding hydrogens is 252 g/mol. The predicted octanol–water partition coefficient (Wildman–Crippen LogP) is 3.73. The Kier molecular flexibility index (Phi) is 3.93. The molecule has 0 heterocycles. The summed E-state index contributed by atoms with van der Waals surface area (Å²) >= 11 is 0. The highest BCUT2D eigenvalue weighted by Gasteiger charge is 2.28. The average Bonchev–Trinajstić information content (AvgIpc) is 3.09. The summed E-state index contributed by atoms with van der Waals surface area (Å²) in [6, 6.07) is 5.84. The van der Waals surface area contributed by atoms with E-state index in [9.17, 15) is 4.79 Å². The maximum Gasteiger partial charge on any atom is 0.408 e. The van der Waals surface area contributed by atoms with Crippen molar-refractivity contribution in [2.24, 2.45) is 0 Å². The number of hydrogen-bond donors (Lipinski definition) is 2. The maximum atomic E-state index is 11.8. The van der Waals surface area contributed by atoms with Gasteiger partial charge < -0.3 is 15.8 Å². The van der Waals surface area contributed by atoms with Crippen LogP contribution in [0.4, 0.5) is 10.5 Å². The van der Waals surface area contributed by atoms with Crippen LogP contribution in [0.5, 0.6) is 0 Å². The molecule has 1 saturated carbocycles. The first-order chi connectivity index (χ1) is 9.26. The summed E-state index contributed by atoms with van der Waals surface area (Å²) in [6.45, 7) is 7.69. The van der Waals surface area contributed by atoms with Crippen molar-refractivity contribution in [3.63, 3.8) is 0 Å². The molecule has 3 N–H and O–H groups in total.